The molecule has 4 nitrogen and oxygen atoms in total. The Labute approximate surface area is 129 Å². The Bertz CT molecular complexity index is 428. The van der Waals surface area contributed by atoms with Crippen LogP contribution in [-0.2, 0) is 6.54 Å². The molecule has 1 aliphatic rings. The van der Waals surface area contributed by atoms with Gasteiger partial charge in [0.15, 0.2) is 0 Å². The molecule has 112 valence electrons. The zero-order valence-corrected chi connectivity index (χ0v) is 13.7. The highest BCUT2D eigenvalue weighted by Crippen LogP contribution is 2.26. The van der Waals surface area contributed by atoms with Crippen molar-refractivity contribution in [3.05, 3.63) is 28.2 Å². The number of aliphatic hydroxyl groups excluding tert-OH is 1. The first-order chi connectivity index (χ1) is 9.74. The van der Waals surface area contributed by atoms with Crippen molar-refractivity contribution in [2.75, 3.05) is 51.3 Å². The fourth-order valence-corrected chi connectivity index (χ4v) is 3.10. The molecular weight excluding hydrogens is 318 g/mol. The Hall–Kier alpha value is -0.620. The molecule has 0 atom stereocenters. The zero-order chi connectivity index (χ0) is 14.4. The largest absolute Gasteiger partial charge is 0.395 e. The van der Waals surface area contributed by atoms with Crippen LogP contribution in [0.15, 0.2) is 22.7 Å². The summed E-state index contributed by atoms with van der Waals surface area (Å²) in [6.07, 6.45) is 1.14. The van der Waals surface area contributed by atoms with Gasteiger partial charge in [-0.25, -0.2) is 0 Å². The predicted octanol–water partition coefficient (Wildman–Crippen LogP) is 1.67. The van der Waals surface area contributed by atoms with Crippen LogP contribution in [0.5, 0.6) is 0 Å². The molecule has 1 aromatic rings. The number of nitrogens with zero attached hydrogens (tertiary/aromatic N) is 2. The van der Waals surface area contributed by atoms with Crippen molar-refractivity contribution < 1.29 is 5.11 Å². The molecule has 0 aromatic heterocycles. The van der Waals surface area contributed by atoms with E-state index in [0.29, 0.717) is 0 Å². The van der Waals surface area contributed by atoms with Gasteiger partial charge in [-0.3, -0.25) is 4.90 Å². The van der Waals surface area contributed by atoms with Gasteiger partial charge in [0.05, 0.1) is 6.61 Å². The van der Waals surface area contributed by atoms with Crippen molar-refractivity contribution in [1.82, 2.24) is 10.2 Å². The van der Waals surface area contributed by atoms with Gasteiger partial charge < -0.3 is 15.3 Å². The Morgan fingerprint density at radius 1 is 1.25 bits per heavy atom. The van der Waals surface area contributed by atoms with Gasteiger partial charge >= 0.3 is 0 Å². The number of benzene rings is 1. The molecular formula is C15H24BrN3O. The lowest BCUT2D eigenvalue weighted by molar-refractivity contribution is 0.204. The maximum atomic E-state index is 9.07. The molecule has 0 spiro atoms. The highest BCUT2D eigenvalue weighted by Gasteiger charge is 2.17. The summed E-state index contributed by atoms with van der Waals surface area (Å²) in [5.41, 5.74) is 2.66. The smallest absolute Gasteiger partial charge is 0.0558 e. The van der Waals surface area contributed by atoms with E-state index in [1.165, 1.54) is 11.3 Å². The number of halogens is 1. The maximum absolute atomic E-state index is 9.07. The van der Waals surface area contributed by atoms with Crippen molar-refractivity contribution in [2.24, 2.45) is 0 Å². The van der Waals surface area contributed by atoms with Crippen LogP contribution >= 0.6 is 15.9 Å². The molecule has 1 aromatic carbocycles. The molecule has 5 heteroatoms. The molecule has 1 heterocycles. The Balaban J connectivity index is 2.12. The van der Waals surface area contributed by atoms with Crippen LogP contribution < -0.4 is 10.2 Å². The van der Waals surface area contributed by atoms with E-state index in [2.05, 4.69) is 49.2 Å². The third kappa shape index (κ3) is 4.19. The van der Waals surface area contributed by atoms with Crippen molar-refractivity contribution >= 4 is 21.6 Å². The predicted molar refractivity (Wildman–Crippen MR) is 87.3 cm³/mol. The zero-order valence-electron chi connectivity index (χ0n) is 12.1. The molecule has 20 heavy (non-hydrogen) atoms. The fraction of sp³-hybridized carbons (Fsp3) is 0.600. The van der Waals surface area contributed by atoms with E-state index in [1.54, 1.807) is 0 Å². The molecule has 0 bridgehead atoms. The van der Waals surface area contributed by atoms with Crippen LogP contribution in [0.3, 0.4) is 0 Å². The van der Waals surface area contributed by atoms with Gasteiger partial charge in [0.1, 0.15) is 0 Å². The summed E-state index contributed by atoms with van der Waals surface area (Å²) in [7, 11) is 1.98. The lowest BCUT2D eigenvalue weighted by Gasteiger charge is -2.26. The van der Waals surface area contributed by atoms with E-state index in [9.17, 15) is 0 Å². The van der Waals surface area contributed by atoms with E-state index in [1.807, 2.05) is 7.05 Å². The van der Waals surface area contributed by atoms with Crippen molar-refractivity contribution in [2.45, 2.75) is 13.0 Å². The molecule has 0 radical (unpaired) electrons. The fourth-order valence-electron chi connectivity index (χ4n) is 2.75. The molecule has 1 saturated heterocycles. The van der Waals surface area contributed by atoms with E-state index < -0.39 is 0 Å². The van der Waals surface area contributed by atoms with Crippen LogP contribution in [0.4, 0.5) is 5.69 Å². The van der Waals surface area contributed by atoms with Crippen molar-refractivity contribution in [3.63, 3.8) is 0 Å². The monoisotopic (exact) mass is 341 g/mol. The third-order valence-electron chi connectivity index (χ3n) is 3.76. The molecule has 0 aliphatic carbocycles. The summed E-state index contributed by atoms with van der Waals surface area (Å²) in [5.74, 6) is 0. The highest BCUT2D eigenvalue weighted by molar-refractivity contribution is 9.10. The molecule has 0 amide bonds. The minimum Gasteiger partial charge on any atom is -0.395 e. The summed E-state index contributed by atoms with van der Waals surface area (Å²) in [6, 6.07) is 6.51. The average molecular weight is 342 g/mol. The Morgan fingerprint density at radius 2 is 2.10 bits per heavy atom. The number of β-amino-alcohol motifs (C(OH)–C–C–N with tert-alkyl or cyclic N) is 1. The lowest BCUT2D eigenvalue weighted by atomic mass is 10.1. The second-order valence-electron chi connectivity index (χ2n) is 5.21. The van der Waals surface area contributed by atoms with E-state index in [-0.39, 0.29) is 6.61 Å². The SMILES string of the molecule is CNCc1ccc(Br)cc1N1CCCN(CCO)CC1. The summed E-state index contributed by atoms with van der Waals surface area (Å²) >= 11 is 3.58. The van der Waals surface area contributed by atoms with Gasteiger partial charge in [-0.2, -0.15) is 0 Å². The first kappa shape index (κ1) is 15.8. The normalized spacial score (nSPS) is 17.2. The summed E-state index contributed by atoms with van der Waals surface area (Å²) in [6.45, 7) is 6.12. The quantitative estimate of drug-likeness (QED) is 0.854. The minimum atomic E-state index is 0.252. The van der Waals surface area contributed by atoms with E-state index >= 15 is 0 Å². The first-order valence-corrected chi connectivity index (χ1v) is 8.05. The summed E-state index contributed by atoms with van der Waals surface area (Å²) in [4.78, 5) is 4.81. The second-order valence-corrected chi connectivity index (χ2v) is 6.12. The average Bonchev–Trinajstić information content (AvgIpc) is 2.67. The number of hydrogen-bond donors (Lipinski definition) is 2. The molecule has 1 fully saturated rings. The number of aliphatic hydroxyl groups is 1. The molecule has 2 N–H and O–H groups in total. The number of hydrogen-bond acceptors (Lipinski definition) is 4. The molecule has 0 saturated carbocycles. The van der Waals surface area contributed by atoms with E-state index in [0.717, 1.165) is 50.2 Å². The number of nitrogens with one attached hydrogen (secondary N) is 1. The van der Waals surface area contributed by atoms with Crippen molar-refractivity contribution in [3.8, 4) is 0 Å². The van der Waals surface area contributed by atoms with Crippen molar-refractivity contribution in [1.29, 1.82) is 0 Å². The van der Waals surface area contributed by atoms with Crippen LogP contribution in [0, 0.1) is 0 Å². The van der Waals surface area contributed by atoms with Gasteiger partial charge in [0, 0.05) is 42.9 Å². The topological polar surface area (TPSA) is 38.7 Å². The van der Waals surface area contributed by atoms with E-state index in [4.69, 9.17) is 5.11 Å². The standard InChI is InChI=1S/C15H24BrN3O/c1-17-12-13-3-4-14(16)11-15(13)19-6-2-5-18(7-8-19)9-10-20/h3-4,11,17,20H,2,5-10,12H2,1H3. The van der Waals surface area contributed by atoms with Gasteiger partial charge in [0.25, 0.3) is 0 Å². The molecule has 1 aliphatic heterocycles. The number of anilines is 1. The van der Waals surface area contributed by atoms with Crippen LogP contribution in [0.2, 0.25) is 0 Å². The molecule has 0 unspecified atom stereocenters. The van der Waals surface area contributed by atoms with Gasteiger partial charge in [0.2, 0.25) is 0 Å². The first-order valence-electron chi connectivity index (χ1n) is 7.26. The van der Waals surface area contributed by atoms with Gasteiger partial charge in [-0.1, -0.05) is 22.0 Å². The van der Waals surface area contributed by atoms with Crippen LogP contribution in [0.1, 0.15) is 12.0 Å². The number of rotatable bonds is 5. The highest BCUT2D eigenvalue weighted by atomic mass is 79.9. The second kappa shape index (κ2) is 7.98. The van der Waals surface area contributed by atoms with Gasteiger partial charge in [-0.05, 0) is 37.7 Å². The van der Waals surface area contributed by atoms with Crippen LogP contribution in [-0.4, -0.2) is 56.4 Å². The minimum absolute atomic E-state index is 0.252. The summed E-state index contributed by atoms with van der Waals surface area (Å²) in [5, 5.41) is 12.3. The summed E-state index contributed by atoms with van der Waals surface area (Å²) < 4.78 is 1.13. The third-order valence-corrected chi connectivity index (χ3v) is 4.25. The maximum Gasteiger partial charge on any atom is 0.0558 e. The Kier molecular flexibility index (Phi) is 6.29. The van der Waals surface area contributed by atoms with Gasteiger partial charge in [-0.15, -0.1) is 0 Å². The lowest BCUT2D eigenvalue weighted by Crippen LogP contribution is -2.33. The molecule has 2 rings (SSSR count). The van der Waals surface area contributed by atoms with Crippen LogP contribution in [0.25, 0.3) is 0 Å². The Morgan fingerprint density at radius 3 is 2.85 bits per heavy atom.